The van der Waals surface area contributed by atoms with Crippen molar-refractivity contribution in [3.05, 3.63) is 13.2 Å². The highest BCUT2D eigenvalue weighted by atomic mass is 32.2. The van der Waals surface area contributed by atoms with Gasteiger partial charge in [0.25, 0.3) is 0 Å². The van der Waals surface area contributed by atoms with Crippen LogP contribution in [0.15, 0.2) is 13.2 Å². The normalized spacial score (nSPS) is 7.25. The van der Waals surface area contributed by atoms with E-state index in [4.69, 9.17) is 0 Å². The minimum absolute atomic E-state index is 1.08. The highest BCUT2D eigenvalue weighted by Gasteiger charge is 1.72. The van der Waals surface area contributed by atoms with Gasteiger partial charge < -0.3 is 5.32 Å². The Kier molecular flexibility index (Phi) is 21.5. The Morgan fingerprint density at radius 1 is 1.50 bits per heavy atom. The van der Waals surface area contributed by atoms with Crippen LogP contribution in [0.5, 0.6) is 0 Å². The molecule has 0 radical (unpaired) electrons. The van der Waals surface area contributed by atoms with Gasteiger partial charge in [-0.15, -0.1) is 24.9 Å². The molecular weight excluding hydrogens is 118 g/mol. The Hall–Kier alpha value is 0.0500. The zero-order valence-electron chi connectivity index (χ0n) is 5.74. The van der Waals surface area contributed by atoms with Crippen molar-refractivity contribution in [2.75, 3.05) is 18.7 Å². The smallest absolute Gasteiger partial charge is 0.0415 e. The molecule has 0 saturated carbocycles. The summed E-state index contributed by atoms with van der Waals surface area (Å²) in [6, 6.07) is 0. The van der Waals surface area contributed by atoms with Crippen LogP contribution in [-0.2, 0) is 0 Å². The molecule has 0 aromatic rings. The Bertz CT molecular complexity index is 27.7. The summed E-state index contributed by atoms with van der Waals surface area (Å²) in [5.41, 5.74) is 0. The molecule has 2 heteroatoms. The number of hydrogen-bond donors (Lipinski definition) is 1. The molecule has 0 bridgehead atoms. The molecule has 1 N–H and O–H groups in total. The van der Waals surface area contributed by atoms with Gasteiger partial charge in [0.1, 0.15) is 0 Å². The third kappa shape index (κ3) is 16.6. The van der Waals surface area contributed by atoms with E-state index >= 15 is 0 Å². The molecule has 0 aliphatic carbocycles. The summed E-state index contributed by atoms with van der Waals surface area (Å²) >= 11 is 1.90. The molecule has 0 amide bonds. The summed E-state index contributed by atoms with van der Waals surface area (Å²) < 4.78 is 0. The lowest BCUT2D eigenvalue weighted by Gasteiger charge is -1.90. The highest BCUT2D eigenvalue weighted by molar-refractivity contribution is 7.99. The maximum atomic E-state index is 3.03. The fourth-order valence-corrected chi connectivity index (χ4v) is 0.612. The maximum absolute atomic E-state index is 3.03. The fraction of sp³-hybridized carbons (Fsp3) is 0.667. The van der Waals surface area contributed by atoms with E-state index in [-0.39, 0.29) is 0 Å². The van der Waals surface area contributed by atoms with Gasteiger partial charge >= 0.3 is 0 Å². The second-order valence-corrected chi connectivity index (χ2v) is 2.26. The van der Waals surface area contributed by atoms with Gasteiger partial charge in [0.05, 0.1) is 0 Å². The Morgan fingerprint density at radius 2 is 2.00 bits per heavy atom. The maximum Gasteiger partial charge on any atom is 0.0415 e. The van der Waals surface area contributed by atoms with Crippen LogP contribution in [-0.4, -0.2) is 18.7 Å². The van der Waals surface area contributed by atoms with E-state index in [0.717, 1.165) is 5.88 Å². The first-order valence-corrected chi connectivity index (χ1v) is 3.79. The monoisotopic (exact) mass is 133 g/mol. The molecule has 1 nitrogen and oxygen atoms in total. The van der Waals surface area contributed by atoms with Gasteiger partial charge in [0.2, 0.25) is 0 Å². The molecule has 0 saturated heterocycles. The number of thioether (sulfide) groups is 1. The third-order valence-corrected chi connectivity index (χ3v) is 1.35. The fourth-order valence-electron chi connectivity index (χ4n) is 0.204. The van der Waals surface area contributed by atoms with Crippen molar-refractivity contribution in [3.8, 4) is 0 Å². The molecule has 0 aromatic carbocycles. The summed E-state index contributed by atoms with van der Waals surface area (Å²) in [6.07, 6.45) is 0. The van der Waals surface area contributed by atoms with Gasteiger partial charge in [-0.2, -0.15) is 0 Å². The summed E-state index contributed by atoms with van der Waals surface area (Å²) in [7, 11) is 1.96. The minimum Gasteiger partial charge on any atom is -0.311 e. The van der Waals surface area contributed by atoms with Gasteiger partial charge in [-0.3, -0.25) is 0 Å². The molecular formula is C6H15NS. The van der Waals surface area contributed by atoms with Crippen molar-refractivity contribution in [1.82, 2.24) is 5.32 Å². The largest absolute Gasteiger partial charge is 0.311 e. The summed E-state index contributed by atoms with van der Waals surface area (Å²) in [4.78, 5) is 0. The van der Waals surface area contributed by atoms with Crippen LogP contribution in [0.25, 0.3) is 0 Å². The van der Waals surface area contributed by atoms with Crippen molar-refractivity contribution in [2.24, 2.45) is 0 Å². The molecule has 0 aromatic heterocycles. The summed E-state index contributed by atoms with van der Waals surface area (Å²) in [6.45, 7) is 8.15. The van der Waals surface area contributed by atoms with E-state index < -0.39 is 0 Å². The van der Waals surface area contributed by atoms with E-state index in [1.807, 2.05) is 18.8 Å². The Labute approximate surface area is 56.6 Å². The molecule has 50 valence electrons. The predicted octanol–water partition coefficient (Wildman–Crippen LogP) is 1.72. The Balaban J connectivity index is 0. The molecule has 0 heterocycles. The quantitative estimate of drug-likeness (QED) is 0.357. The number of hydrogen-bond acceptors (Lipinski definition) is 2. The van der Waals surface area contributed by atoms with Crippen LogP contribution >= 0.6 is 11.8 Å². The van der Waals surface area contributed by atoms with Gasteiger partial charge in [-0.1, -0.05) is 6.92 Å². The lowest BCUT2D eigenvalue weighted by molar-refractivity contribution is 0.982. The first-order valence-electron chi connectivity index (χ1n) is 2.64. The predicted molar refractivity (Wildman–Crippen MR) is 43.3 cm³/mol. The summed E-state index contributed by atoms with van der Waals surface area (Å²) in [5.74, 6) is 2.29. The van der Waals surface area contributed by atoms with Crippen LogP contribution in [0.2, 0.25) is 0 Å². The van der Waals surface area contributed by atoms with Crippen molar-refractivity contribution in [2.45, 2.75) is 6.92 Å². The SMILES string of the molecule is C=C.CCSCNC. The highest BCUT2D eigenvalue weighted by Crippen LogP contribution is 1.91. The zero-order chi connectivity index (χ0) is 6.83. The topological polar surface area (TPSA) is 12.0 Å². The standard InChI is InChI=1S/C4H11NS.C2H4/c1-3-6-4-5-2;1-2/h5H,3-4H2,1-2H3;1-2H2. The van der Waals surface area contributed by atoms with Crippen molar-refractivity contribution < 1.29 is 0 Å². The molecule has 0 aliphatic heterocycles. The van der Waals surface area contributed by atoms with E-state index in [0.29, 0.717) is 0 Å². The minimum atomic E-state index is 1.08. The molecule has 0 spiro atoms. The van der Waals surface area contributed by atoms with E-state index in [1.165, 1.54) is 5.75 Å². The lowest BCUT2D eigenvalue weighted by Crippen LogP contribution is -2.02. The second kappa shape index (κ2) is 15.7. The first kappa shape index (κ1) is 10.9. The van der Waals surface area contributed by atoms with E-state index in [9.17, 15) is 0 Å². The zero-order valence-corrected chi connectivity index (χ0v) is 6.55. The molecule has 0 aliphatic rings. The van der Waals surface area contributed by atoms with Crippen LogP contribution in [0, 0.1) is 0 Å². The van der Waals surface area contributed by atoms with Gasteiger partial charge in [-0.05, 0) is 12.8 Å². The van der Waals surface area contributed by atoms with Crippen molar-refractivity contribution in [1.29, 1.82) is 0 Å². The molecule has 0 fully saturated rings. The Morgan fingerprint density at radius 3 is 2.12 bits per heavy atom. The van der Waals surface area contributed by atoms with Gasteiger partial charge in [0, 0.05) is 5.88 Å². The van der Waals surface area contributed by atoms with Crippen LogP contribution in [0.4, 0.5) is 0 Å². The molecule has 8 heavy (non-hydrogen) atoms. The van der Waals surface area contributed by atoms with E-state index in [1.54, 1.807) is 0 Å². The molecule has 0 rings (SSSR count). The third-order valence-electron chi connectivity index (χ3n) is 0.451. The van der Waals surface area contributed by atoms with Crippen molar-refractivity contribution >= 4 is 11.8 Å². The van der Waals surface area contributed by atoms with Crippen molar-refractivity contribution in [3.63, 3.8) is 0 Å². The lowest BCUT2D eigenvalue weighted by atomic mass is 11.0. The molecule has 0 unspecified atom stereocenters. The van der Waals surface area contributed by atoms with E-state index in [2.05, 4.69) is 25.4 Å². The summed E-state index contributed by atoms with van der Waals surface area (Å²) in [5, 5.41) is 3.03. The van der Waals surface area contributed by atoms with Crippen LogP contribution in [0.1, 0.15) is 6.92 Å². The number of rotatable bonds is 3. The average molecular weight is 133 g/mol. The second-order valence-electron chi connectivity index (χ2n) is 0.991. The van der Waals surface area contributed by atoms with Gasteiger partial charge in [0.15, 0.2) is 0 Å². The van der Waals surface area contributed by atoms with Crippen LogP contribution in [0.3, 0.4) is 0 Å². The number of nitrogens with one attached hydrogen (secondary N) is 1. The first-order chi connectivity index (χ1) is 3.91. The van der Waals surface area contributed by atoms with Crippen LogP contribution < -0.4 is 5.32 Å². The average Bonchev–Trinajstić information content (AvgIpc) is 1.88. The van der Waals surface area contributed by atoms with Gasteiger partial charge in [-0.25, -0.2) is 0 Å². The molecule has 0 atom stereocenters.